The largest absolute Gasteiger partial charge is 0.350 e. The van der Waals surface area contributed by atoms with Crippen molar-refractivity contribution < 1.29 is 9.59 Å². The van der Waals surface area contributed by atoms with Crippen LogP contribution < -0.4 is 16.0 Å². The smallest absolute Gasteiger partial charge is 0.316 e. The third-order valence-electron chi connectivity index (χ3n) is 3.45. The van der Waals surface area contributed by atoms with E-state index in [-0.39, 0.29) is 11.9 Å². The van der Waals surface area contributed by atoms with E-state index in [0.717, 1.165) is 19.5 Å². The summed E-state index contributed by atoms with van der Waals surface area (Å²) in [6, 6.07) is 5.66. The second-order valence-electron chi connectivity index (χ2n) is 5.29. The molecule has 0 bridgehead atoms. The predicted molar refractivity (Wildman–Crippen MR) is 81.3 cm³/mol. The molecule has 6 nitrogen and oxygen atoms in total. The van der Waals surface area contributed by atoms with Crippen molar-refractivity contribution in [3.63, 3.8) is 0 Å². The summed E-state index contributed by atoms with van der Waals surface area (Å²) in [6.07, 6.45) is 1.01. The lowest BCUT2D eigenvalue weighted by Crippen LogP contribution is -2.39. The zero-order valence-corrected chi connectivity index (χ0v) is 12.5. The molecule has 2 rings (SSSR count). The van der Waals surface area contributed by atoms with Crippen LogP contribution in [0, 0.1) is 0 Å². The molecule has 0 unspecified atom stereocenters. The van der Waals surface area contributed by atoms with Gasteiger partial charge in [-0.3, -0.25) is 4.79 Å². The molecule has 0 saturated heterocycles. The average molecular weight is 290 g/mol. The monoisotopic (exact) mass is 290 g/mol. The first-order chi connectivity index (χ1) is 10.1. The molecule has 0 spiro atoms. The second kappa shape index (κ2) is 7.08. The molecule has 1 aromatic carbocycles. The molecule has 1 heterocycles. The first-order valence-electron chi connectivity index (χ1n) is 7.14. The van der Waals surface area contributed by atoms with Gasteiger partial charge in [-0.05, 0) is 36.2 Å². The molecule has 0 radical (unpaired) electrons. The number of benzene rings is 1. The maximum absolute atomic E-state index is 12.1. The van der Waals surface area contributed by atoms with Crippen LogP contribution in [0.15, 0.2) is 18.2 Å². The van der Waals surface area contributed by atoms with Gasteiger partial charge in [0.1, 0.15) is 0 Å². The lowest BCUT2D eigenvalue weighted by Gasteiger charge is -2.17. The molecule has 3 amide bonds. The molecule has 6 heteroatoms. The van der Waals surface area contributed by atoms with Crippen molar-refractivity contribution >= 4 is 11.9 Å². The Morgan fingerprint density at radius 2 is 1.95 bits per heavy atom. The quantitative estimate of drug-likeness (QED) is 0.700. The van der Waals surface area contributed by atoms with E-state index in [1.54, 1.807) is 14.1 Å². The van der Waals surface area contributed by atoms with Gasteiger partial charge in [0.2, 0.25) is 0 Å². The molecule has 0 fully saturated rings. The van der Waals surface area contributed by atoms with Crippen LogP contribution >= 0.6 is 0 Å². The minimum absolute atomic E-state index is 0.109. The molecule has 114 valence electrons. The topological polar surface area (TPSA) is 73.5 Å². The fourth-order valence-corrected chi connectivity index (χ4v) is 2.23. The van der Waals surface area contributed by atoms with Crippen molar-refractivity contribution in [1.82, 2.24) is 20.9 Å². The minimum atomic E-state index is -0.163. The molecule has 1 aliphatic rings. The summed E-state index contributed by atoms with van der Waals surface area (Å²) < 4.78 is 0. The predicted octanol–water partition coefficient (Wildman–Crippen LogP) is 0.333. The number of carbonyl (C=O) groups excluding carboxylic acids is 2. The van der Waals surface area contributed by atoms with E-state index in [0.29, 0.717) is 18.7 Å². The number of urea groups is 1. The molecule has 0 aromatic heterocycles. The zero-order chi connectivity index (χ0) is 15.2. The molecular weight excluding hydrogens is 268 g/mol. The lowest BCUT2D eigenvalue weighted by molar-refractivity contribution is 0.0953. The Morgan fingerprint density at radius 1 is 1.19 bits per heavy atom. The Morgan fingerprint density at radius 3 is 2.71 bits per heavy atom. The van der Waals surface area contributed by atoms with Crippen LogP contribution in [-0.4, -0.2) is 50.6 Å². The number of amides is 3. The highest BCUT2D eigenvalue weighted by molar-refractivity contribution is 5.94. The van der Waals surface area contributed by atoms with E-state index in [1.807, 2.05) is 18.2 Å². The number of fused-ring (bicyclic) bond motifs is 1. The fourth-order valence-electron chi connectivity index (χ4n) is 2.23. The second-order valence-corrected chi connectivity index (χ2v) is 5.29. The Kier molecular flexibility index (Phi) is 5.16. The summed E-state index contributed by atoms with van der Waals surface area (Å²) in [5, 5.41) is 8.81. The van der Waals surface area contributed by atoms with E-state index >= 15 is 0 Å². The third-order valence-corrected chi connectivity index (χ3v) is 3.45. The van der Waals surface area contributed by atoms with E-state index in [9.17, 15) is 9.59 Å². The molecule has 1 aliphatic heterocycles. The SMILES string of the molecule is CN(C)C(=O)NCCNC(=O)c1ccc2c(c1)CNCC2. The molecule has 0 saturated carbocycles. The summed E-state index contributed by atoms with van der Waals surface area (Å²) in [4.78, 5) is 24.8. The van der Waals surface area contributed by atoms with Crippen molar-refractivity contribution in [2.45, 2.75) is 13.0 Å². The van der Waals surface area contributed by atoms with Gasteiger partial charge < -0.3 is 20.9 Å². The zero-order valence-electron chi connectivity index (χ0n) is 12.5. The van der Waals surface area contributed by atoms with Crippen molar-refractivity contribution in [3.05, 3.63) is 34.9 Å². The van der Waals surface area contributed by atoms with Gasteiger partial charge in [-0.25, -0.2) is 4.79 Å². The Balaban J connectivity index is 1.82. The van der Waals surface area contributed by atoms with E-state index in [4.69, 9.17) is 0 Å². The maximum atomic E-state index is 12.1. The number of rotatable bonds is 4. The first kappa shape index (κ1) is 15.3. The molecular formula is C15H22N4O2. The average Bonchev–Trinajstić information content (AvgIpc) is 2.50. The summed E-state index contributed by atoms with van der Waals surface area (Å²) in [7, 11) is 3.35. The molecule has 0 atom stereocenters. The number of nitrogens with zero attached hydrogens (tertiary/aromatic N) is 1. The van der Waals surface area contributed by atoms with Crippen LogP contribution in [0.1, 0.15) is 21.5 Å². The number of carbonyl (C=O) groups is 2. The van der Waals surface area contributed by atoms with Crippen molar-refractivity contribution in [2.24, 2.45) is 0 Å². The highest BCUT2D eigenvalue weighted by Gasteiger charge is 2.12. The van der Waals surface area contributed by atoms with Crippen LogP contribution in [0.5, 0.6) is 0 Å². The van der Waals surface area contributed by atoms with Crippen LogP contribution in [0.4, 0.5) is 4.79 Å². The van der Waals surface area contributed by atoms with Gasteiger partial charge in [0.05, 0.1) is 0 Å². The molecule has 21 heavy (non-hydrogen) atoms. The summed E-state index contributed by atoms with van der Waals surface area (Å²) in [5.74, 6) is -0.109. The summed E-state index contributed by atoms with van der Waals surface area (Å²) in [5.41, 5.74) is 3.16. The van der Waals surface area contributed by atoms with Gasteiger partial charge in [0.25, 0.3) is 5.91 Å². The van der Waals surface area contributed by atoms with Gasteiger partial charge >= 0.3 is 6.03 Å². The third kappa shape index (κ3) is 4.19. The number of hydrogen-bond donors (Lipinski definition) is 3. The van der Waals surface area contributed by atoms with Crippen LogP contribution in [0.25, 0.3) is 0 Å². The van der Waals surface area contributed by atoms with Gasteiger partial charge in [-0.1, -0.05) is 6.07 Å². The van der Waals surface area contributed by atoms with E-state index in [2.05, 4.69) is 16.0 Å². The number of nitrogens with one attached hydrogen (secondary N) is 3. The van der Waals surface area contributed by atoms with E-state index < -0.39 is 0 Å². The Labute approximate surface area is 124 Å². The van der Waals surface area contributed by atoms with Crippen molar-refractivity contribution in [2.75, 3.05) is 33.7 Å². The first-order valence-corrected chi connectivity index (χ1v) is 7.14. The summed E-state index contributed by atoms with van der Waals surface area (Å²) in [6.45, 7) is 2.63. The van der Waals surface area contributed by atoms with Crippen LogP contribution in [-0.2, 0) is 13.0 Å². The van der Waals surface area contributed by atoms with Crippen molar-refractivity contribution in [1.29, 1.82) is 0 Å². The molecule has 0 aliphatic carbocycles. The van der Waals surface area contributed by atoms with Crippen molar-refractivity contribution in [3.8, 4) is 0 Å². The van der Waals surface area contributed by atoms with Crippen LogP contribution in [0.3, 0.4) is 0 Å². The molecule has 3 N–H and O–H groups in total. The lowest BCUT2D eigenvalue weighted by atomic mass is 9.98. The van der Waals surface area contributed by atoms with Crippen LogP contribution in [0.2, 0.25) is 0 Å². The van der Waals surface area contributed by atoms with Gasteiger partial charge in [-0.2, -0.15) is 0 Å². The molecule has 1 aromatic rings. The standard InChI is InChI=1S/C15H22N4O2/c1-19(2)15(21)18-8-7-17-14(20)12-4-3-11-5-6-16-10-13(11)9-12/h3-4,9,16H,5-8,10H2,1-2H3,(H,17,20)(H,18,21). The highest BCUT2D eigenvalue weighted by Crippen LogP contribution is 2.15. The van der Waals surface area contributed by atoms with E-state index in [1.165, 1.54) is 16.0 Å². The minimum Gasteiger partial charge on any atom is -0.350 e. The van der Waals surface area contributed by atoms with Gasteiger partial charge in [0, 0.05) is 39.3 Å². The fraction of sp³-hybridized carbons (Fsp3) is 0.467. The number of hydrogen-bond acceptors (Lipinski definition) is 3. The Bertz CT molecular complexity index is 528. The maximum Gasteiger partial charge on any atom is 0.316 e. The van der Waals surface area contributed by atoms with Gasteiger partial charge in [-0.15, -0.1) is 0 Å². The Hall–Kier alpha value is -2.08. The van der Waals surface area contributed by atoms with Gasteiger partial charge in [0.15, 0.2) is 0 Å². The summed E-state index contributed by atoms with van der Waals surface area (Å²) >= 11 is 0. The highest BCUT2D eigenvalue weighted by atomic mass is 16.2. The normalized spacial score (nSPS) is 13.2.